The molecule has 0 bridgehead atoms. The van der Waals surface area contributed by atoms with Crippen molar-refractivity contribution in [1.29, 1.82) is 0 Å². The van der Waals surface area contributed by atoms with Crippen LogP contribution in [0.2, 0.25) is 5.02 Å². The molecular weight excluding hydrogens is 462 g/mol. The average Bonchev–Trinajstić information content (AvgIpc) is 2.66. The van der Waals surface area contributed by atoms with Crippen LogP contribution in [-0.2, 0) is 4.74 Å². The van der Waals surface area contributed by atoms with E-state index >= 15 is 0 Å². The van der Waals surface area contributed by atoms with Gasteiger partial charge in [0.15, 0.2) is 11.5 Å². The monoisotopic (exact) mass is 483 g/mol. The van der Waals surface area contributed by atoms with Crippen molar-refractivity contribution in [2.75, 3.05) is 38.3 Å². The molecule has 1 aromatic carbocycles. The number of carbonyl (C=O) groups excluding carboxylic acids is 1. The quantitative estimate of drug-likeness (QED) is 0.595. The number of benzene rings is 1. The third-order valence-corrected chi connectivity index (χ3v) is 6.32. The van der Waals surface area contributed by atoms with E-state index in [-0.39, 0.29) is 12.1 Å². The van der Waals surface area contributed by atoms with E-state index in [2.05, 4.69) is 25.8 Å². The van der Waals surface area contributed by atoms with Crippen LogP contribution in [0.15, 0.2) is 16.7 Å². The highest BCUT2D eigenvalue weighted by Crippen LogP contribution is 2.46. The second-order valence-corrected chi connectivity index (χ2v) is 9.36. The molecule has 2 aliphatic rings. The van der Waals surface area contributed by atoms with Gasteiger partial charge in [0.05, 0.1) is 34.5 Å². The van der Waals surface area contributed by atoms with E-state index in [0.717, 1.165) is 11.1 Å². The normalized spacial score (nSPS) is 18.8. The summed E-state index contributed by atoms with van der Waals surface area (Å²) in [4.78, 5) is 21.1. The number of pyridine rings is 1. The number of aromatic nitrogens is 1. The Bertz CT molecular complexity index is 979. The number of rotatable bonds is 1. The number of methoxy groups -OCH3 is 1. The van der Waals surface area contributed by atoms with E-state index in [1.807, 2.05) is 26.8 Å². The van der Waals surface area contributed by atoms with Crippen LogP contribution in [0.1, 0.15) is 20.8 Å². The highest BCUT2D eigenvalue weighted by atomic mass is 79.9. The minimum absolute atomic E-state index is 0.0165. The zero-order valence-corrected chi connectivity index (χ0v) is 19.1. The minimum Gasteiger partial charge on any atom is -0.493 e. The third-order valence-electron chi connectivity index (χ3n) is 5.01. The Balaban J connectivity index is 1.70. The van der Waals surface area contributed by atoms with Crippen molar-refractivity contribution in [3.63, 3.8) is 0 Å². The molecule has 3 heterocycles. The van der Waals surface area contributed by atoms with E-state index in [1.165, 1.54) is 0 Å². The molecule has 0 N–H and O–H groups in total. The molecule has 7 nitrogen and oxygen atoms in total. The largest absolute Gasteiger partial charge is 0.493 e. The Morgan fingerprint density at radius 2 is 2.14 bits per heavy atom. The summed E-state index contributed by atoms with van der Waals surface area (Å²) in [6, 6.07) is 1.89. The van der Waals surface area contributed by atoms with Crippen LogP contribution in [0.4, 0.5) is 10.5 Å². The molecule has 1 aromatic heterocycles. The zero-order valence-electron chi connectivity index (χ0n) is 16.8. The molecular formula is C20H23BrClN3O4. The van der Waals surface area contributed by atoms with Gasteiger partial charge in [-0.05, 0) is 42.8 Å². The van der Waals surface area contributed by atoms with Gasteiger partial charge < -0.3 is 24.0 Å². The van der Waals surface area contributed by atoms with Gasteiger partial charge in [-0.15, -0.1) is 0 Å². The Labute approximate surface area is 183 Å². The summed E-state index contributed by atoms with van der Waals surface area (Å²) in [7, 11) is 1.59. The third kappa shape index (κ3) is 3.68. The summed E-state index contributed by atoms with van der Waals surface area (Å²) < 4.78 is 17.7. The molecule has 0 spiro atoms. The van der Waals surface area contributed by atoms with Crippen LogP contribution in [-0.4, -0.2) is 61.0 Å². The van der Waals surface area contributed by atoms with Crippen molar-refractivity contribution < 1.29 is 19.0 Å². The molecule has 9 heteroatoms. The maximum absolute atomic E-state index is 12.5. The van der Waals surface area contributed by atoms with Crippen molar-refractivity contribution in [1.82, 2.24) is 9.88 Å². The molecule has 1 atom stereocenters. The minimum atomic E-state index is -0.521. The Morgan fingerprint density at radius 1 is 1.38 bits per heavy atom. The number of amides is 1. The number of anilines is 1. The standard InChI is InChI=1S/C20H23BrClN3O4/c1-20(2,3)29-19(26)24-5-6-25-11(9-24)10-28-14-8-23-16-12(17(14)25)7-13(22)15(21)18(16)27-4/h7-8,11H,5-6,9-10H2,1-4H3/t11-/m1/s1. The first-order chi connectivity index (χ1) is 13.7. The van der Waals surface area contributed by atoms with E-state index < -0.39 is 5.60 Å². The van der Waals surface area contributed by atoms with Gasteiger partial charge in [-0.1, -0.05) is 11.6 Å². The maximum atomic E-state index is 12.5. The van der Waals surface area contributed by atoms with Crippen LogP contribution < -0.4 is 14.4 Å². The first kappa shape index (κ1) is 20.3. The van der Waals surface area contributed by atoms with Crippen molar-refractivity contribution in [2.45, 2.75) is 32.4 Å². The highest BCUT2D eigenvalue weighted by Gasteiger charge is 2.37. The lowest BCUT2D eigenvalue weighted by atomic mass is 10.1. The SMILES string of the molecule is COc1c(Br)c(Cl)cc2c3c(cnc12)OC[C@H]1CN(C(=O)OC(C)(C)C)CCN31. The Kier molecular flexibility index (Phi) is 5.19. The lowest BCUT2D eigenvalue weighted by Crippen LogP contribution is -2.59. The number of halogens is 2. The van der Waals surface area contributed by atoms with Crippen LogP contribution >= 0.6 is 27.5 Å². The average molecular weight is 485 g/mol. The van der Waals surface area contributed by atoms with E-state index in [1.54, 1.807) is 18.2 Å². The topological polar surface area (TPSA) is 64.1 Å². The summed E-state index contributed by atoms with van der Waals surface area (Å²) in [5, 5.41) is 1.40. The van der Waals surface area contributed by atoms with Crippen LogP contribution in [0, 0.1) is 0 Å². The second kappa shape index (κ2) is 7.40. The number of hydrogen-bond acceptors (Lipinski definition) is 6. The molecule has 0 saturated carbocycles. The van der Waals surface area contributed by atoms with Gasteiger partial charge in [0.2, 0.25) is 0 Å². The lowest BCUT2D eigenvalue weighted by molar-refractivity contribution is 0.0195. The van der Waals surface area contributed by atoms with Gasteiger partial charge >= 0.3 is 6.09 Å². The summed E-state index contributed by atoms with van der Waals surface area (Å²) >= 11 is 9.91. The van der Waals surface area contributed by atoms with Gasteiger partial charge in [0.1, 0.15) is 17.7 Å². The molecule has 29 heavy (non-hydrogen) atoms. The smallest absolute Gasteiger partial charge is 0.410 e. The molecule has 1 saturated heterocycles. The van der Waals surface area contributed by atoms with Gasteiger partial charge in [-0.3, -0.25) is 0 Å². The fourth-order valence-corrected chi connectivity index (χ4v) is 4.44. The molecule has 2 aromatic rings. The van der Waals surface area contributed by atoms with E-state index in [4.69, 9.17) is 25.8 Å². The summed E-state index contributed by atoms with van der Waals surface area (Å²) in [6.45, 7) is 7.84. The van der Waals surface area contributed by atoms with Crippen LogP contribution in [0.25, 0.3) is 10.9 Å². The molecule has 4 rings (SSSR count). The molecule has 1 amide bonds. The lowest BCUT2D eigenvalue weighted by Gasteiger charge is -2.45. The predicted molar refractivity (Wildman–Crippen MR) is 115 cm³/mol. The van der Waals surface area contributed by atoms with Gasteiger partial charge in [-0.2, -0.15) is 0 Å². The number of carbonyl (C=O) groups is 1. The Morgan fingerprint density at radius 3 is 2.83 bits per heavy atom. The predicted octanol–water partition coefficient (Wildman–Crippen LogP) is 4.48. The van der Waals surface area contributed by atoms with Gasteiger partial charge in [-0.25, -0.2) is 9.78 Å². The zero-order chi connectivity index (χ0) is 20.9. The number of hydrogen-bond donors (Lipinski definition) is 0. The first-order valence-electron chi connectivity index (χ1n) is 9.41. The number of fused-ring (bicyclic) bond motifs is 5. The second-order valence-electron chi connectivity index (χ2n) is 8.16. The summed E-state index contributed by atoms with van der Waals surface area (Å²) in [5.41, 5.74) is 1.12. The van der Waals surface area contributed by atoms with Crippen LogP contribution in [0.5, 0.6) is 11.5 Å². The fourth-order valence-electron chi connectivity index (χ4n) is 3.78. The van der Waals surface area contributed by atoms with E-state index in [0.29, 0.717) is 52.8 Å². The van der Waals surface area contributed by atoms with Gasteiger partial charge in [0, 0.05) is 25.0 Å². The van der Waals surface area contributed by atoms with Crippen molar-refractivity contribution in [3.8, 4) is 11.5 Å². The van der Waals surface area contributed by atoms with Crippen molar-refractivity contribution in [3.05, 3.63) is 21.8 Å². The molecule has 2 aliphatic heterocycles. The molecule has 0 radical (unpaired) electrons. The summed E-state index contributed by atoms with van der Waals surface area (Å²) in [5.74, 6) is 1.30. The van der Waals surface area contributed by atoms with Gasteiger partial charge in [0.25, 0.3) is 0 Å². The number of ether oxygens (including phenoxy) is 3. The molecule has 1 fully saturated rings. The number of nitrogens with zero attached hydrogens (tertiary/aromatic N) is 3. The fraction of sp³-hybridized carbons (Fsp3) is 0.500. The molecule has 156 valence electrons. The first-order valence-corrected chi connectivity index (χ1v) is 10.6. The molecule has 0 unspecified atom stereocenters. The van der Waals surface area contributed by atoms with Crippen molar-refractivity contribution >= 4 is 50.2 Å². The van der Waals surface area contributed by atoms with Crippen molar-refractivity contribution in [2.24, 2.45) is 0 Å². The van der Waals surface area contributed by atoms with E-state index in [9.17, 15) is 4.79 Å². The van der Waals surface area contributed by atoms with Crippen LogP contribution in [0.3, 0.4) is 0 Å². The summed E-state index contributed by atoms with van der Waals surface area (Å²) in [6.07, 6.45) is 1.42. The highest BCUT2D eigenvalue weighted by molar-refractivity contribution is 9.10. The molecule has 0 aliphatic carbocycles. The Hall–Kier alpha value is -1.93. The maximum Gasteiger partial charge on any atom is 0.410 e. The number of piperazine rings is 1.